The van der Waals surface area contributed by atoms with Gasteiger partial charge in [0, 0.05) is 14.1 Å². The molecule has 0 amide bonds. The lowest BCUT2D eigenvalue weighted by molar-refractivity contribution is -0.137. The van der Waals surface area contributed by atoms with Gasteiger partial charge in [0.25, 0.3) is 0 Å². The van der Waals surface area contributed by atoms with Crippen LogP contribution in [-0.2, 0) is 16.2 Å². The molecule has 0 fully saturated rings. The van der Waals surface area contributed by atoms with E-state index in [1.54, 1.807) is 0 Å². The van der Waals surface area contributed by atoms with Gasteiger partial charge in [-0.05, 0) is 18.2 Å². The number of alkyl halides is 3. The maximum absolute atomic E-state index is 12.6. The predicted molar refractivity (Wildman–Crippen MR) is 57.0 cm³/mol. The molecule has 18 heavy (non-hydrogen) atoms. The van der Waals surface area contributed by atoms with Crippen LogP contribution in [0.25, 0.3) is 0 Å². The van der Waals surface area contributed by atoms with Gasteiger partial charge in [-0.25, -0.2) is 12.7 Å². The highest BCUT2D eigenvalue weighted by Crippen LogP contribution is 2.33. The van der Waals surface area contributed by atoms with Crippen LogP contribution in [0.3, 0.4) is 0 Å². The van der Waals surface area contributed by atoms with Crippen molar-refractivity contribution in [1.29, 1.82) is 5.26 Å². The number of nitrogens with zero attached hydrogens (tertiary/aromatic N) is 2. The van der Waals surface area contributed by atoms with Crippen molar-refractivity contribution in [3.8, 4) is 6.07 Å². The van der Waals surface area contributed by atoms with E-state index in [2.05, 4.69) is 0 Å². The first kappa shape index (κ1) is 14.5. The van der Waals surface area contributed by atoms with Gasteiger partial charge in [0.15, 0.2) is 0 Å². The fraction of sp³-hybridized carbons (Fsp3) is 0.300. The summed E-state index contributed by atoms with van der Waals surface area (Å²) in [4.78, 5) is -0.501. The number of halogens is 3. The molecule has 0 spiro atoms. The molecule has 0 radical (unpaired) electrons. The zero-order valence-electron chi connectivity index (χ0n) is 9.49. The van der Waals surface area contributed by atoms with Gasteiger partial charge in [-0.3, -0.25) is 0 Å². The van der Waals surface area contributed by atoms with Crippen molar-refractivity contribution >= 4 is 10.0 Å². The maximum Gasteiger partial charge on any atom is 0.417 e. The highest BCUT2D eigenvalue weighted by Gasteiger charge is 2.35. The summed E-state index contributed by atoms with van der Waals surface area (Å²) >= 11 is 0. The number of sulfonamides is 1. The summed E-state index contributed by atoms with van der Waals surface area (Å²) in [7, 11) is -1.54. The minimum absolute atomic E-state index is 0.466. The zero-order chi connectivity index (χ0) is 14.1. The van der Waals surface area contributed by atoms with Crippen molar-refractivity contribution in [1.82, 2.24) is 4.31 Å². The van der Waals surface area contributed by atoms with Crippen LogP contribution < -0.4 is 0 Å². The molecule has 0 saturated heterocycles. The fourth-order valence-corrected chi connectivity index (χ4v) is 2.16. The SMILES string of the molecule is CN(C)S(=O)(=O)c1ccc(C#N)c(C(F)(F)F)c1. The molecule has 8 heteroatoms. The van der Waals surface area contributed by atoms with Crippen molar-refractivity contribution in [3.05, 3.63) is 29.3 Å². The minimum atomic E-state index is -4.77. The third kappa shape index (κ3) is 2.63. The molecule has 0 aliphatic heterocycles. The standard InChI is InChI=1S/C10H9F3N2O2S/c1-15(2)18(16,17)8-4-3-7(6-14)9(5-8)10(11,12)13/h3-5H,1-2H3. The first-order valence-electron chi connectivity index (χ1n) is 4.64. The van der Waals surface area contributed by atoms with Crippen molar-refractivity contribution < 1.29 is 21.6 Å². The Morgan fingerprint density at radius 2 is 1.83 bits per heavy atom. The molecule has 0 aliphatic rings. The van der Waals surface area contributed by atoms with Gasteiger partial charge < -0.3 is 0 Å². The van der Waals surface area contributed by atoms with Crippen LogP contribution in [0.4, 0.5) is 13.2 Å². The maximum atomic E-state index is 12.6. The van der Waals surface area contributed by atoms with Crippen LogP contribution in [0.5, 0.6) is 0 Å². The van der Waals surface area contributed by atoms with Gasteiger partial charge in [0.1, 0.15) is 0 Å². The summed E-state index contributed by atoms with van der Waals surface area (Å²) in [6.07, 6.45) is -4.77. The van der Waals surface area contributed by atoms with E-state index in [4.69, 9.17) is 5.26 Å². The Morgan fingerprint density at radius 1 is 1.28 bits per heavy atom. The number of nitriles is 1. The highest BCUT2D eigenvalue weighted by molar-refractivity contribution is 7.89. The second-order valence-electron chi connectivity index (χ2n) is 3.60. The Labute approximate surface area is 102 Å². The van der Waals surface area contributed by atoms with Gasteiger partial charge in [0.05, 0.1) is 22.1 Å². The number of benzene rings is 1. The van der Waals surface area contributed by atoms with Gasteiger partial charge >= 0.3 is 6.18 Å². The lowest BCUT2D eigenvalue weighted by Crippen LogP contribution is -2.23. The predicted octanol–water partition coefficient (Wildman–Crippen LogP) is 1.83. The zero-order valence-corrected chi connectivity index (χ0v) is 10.3. The summed E-state index contributed by atoms with van der Waals surface area (Å²) < 4.78 is 62.1. The lowest BCUT2D eigenvalue weighted by atomic mass is 10.1. The summed E-state index contributed by atoms with van der Waals surface area (Å²) in [6, 6.07) is 3.67. The fourth-order valence-electron chi connectivity index (χ4n) is 1.23. The van der Waals surface area contributed by atoms with Gasteiger partial charge in [-0.1, -0.05) is 0 Å². The molecule has 0 aromatic heterocycles. The second-order valence-corrected chi connectivity index (χ2v) is 5.76. The Morgan fingerprint density at radius 3 is 2.22 bits per heavy atom. The van der Waals surface area contributed by atoms with Crippen LogP contribution in [-0.4, -0.2) is 26.8 Å². The molecule has 0 unspecified atom stereocenters. The molecule has 0 bridgehead atoms. The van der Waals surface area contributed by atoms with Gasteiger partial charge in [0.2, 0.25) is 10.0 Å². The average Bonchev–Trinajstić information content (AvgIpc) is 2.26. The van der Waals surface area contributed by atoms with Crippen molar-refractivity contribution in [2.45, 2.75) is 11.1 Å². The molecule has 4 nitrogen and oxygen atoms in total. The summed E-state index contributed by atoms with van der Waals surface area (Å²) in [5, 5.41) is 8.57. The first-order chi connectivity index (χ1) is 8.10. The quantitative estimate of drug-likeness (QED) is 0.829. The monoisotopic (exact) mass is 278 g/mol. The third-order valence-electron chi connectivity index (χ3n) is 2.20. The molecule has 0 saturated carbocycles. The highest BCUT2D eigenvalue weighted by atomic mass is 32.2. The van der Waals surface area contributed by atoms with Crippen LogP contribution in [0, 0.1) is 11.3 Å². The third-order valence-corrected chi connectivity index (χ3v) is 4.01. The Kier molecular flexibility index (Phi) is 3.69. The van der Waals surface area contributed by atoms with E-state index in [1.165, 1.54) is 20.2 Å². The molecule has 0 N–H and O–H groups in total. The molecular formula is C10H9F3N2O2S. The molecule has 0 aliphatic carbocycles. The minimum Gasteiger partial charge on any atom is -0.207 e. The van der Waals surface area contributed by atoms with Crippen LogP contribution in [0.15, 0.2) is 23.1 Å². The van der Waals surface area contributed by atoms with E-state index in [9.17, 15) is 21.6 Å². The second kappa shape index (κ2) is 4.59. The summed E-state index contributed by atoms with van der Waals surface area (Å²) in [5.41, 5.74) is -1.87. The van der Waals surface area contributed by atoms with E-state index in [1.807, 2.05) is 0 Å². The van der Waals surface area contributed by atoms with Crippen molar-refractivity contribution in [2.24, 2.45) is 0 Å². The van der Waals surface area contributed by atoms with E-state index in [0.29, 0.717) is 6.07 Å². The average molecular weight is 278 g/mol. The van der Waals surface area contributed by atoms with Gasteiger partial charge in [-0.15, -0.1) is 0 Å². The Bertz CT molecular complexity index is 601. The first-order valence-corrected chi connectivity index (χ1v) is 6.08. The smallest absolute Gasteiger partial charge is 0.207 e. The summed E-state index contributed by atoms with van der Waals surface area (Å²) in [5.74, 6) is 0. The molecule has 0 heterocycles. The molecule has 1 aromatic carbocycles. The van der Waals surface area contributed by atoms with E-state index in [-0.39, 0.29) is 0 Å². The Balaban J connectivity index is 3.52. The Hall–Kier alpha value is -1.59. The van der Waals surface area contributed by atoms with Crippen LogP contribution >= 0.6 is 0 Å². The van der Waals surface area contributed by atoms with Crippen LogP contribution in [0.2, 0.25) is 0 Å². The summed E-state index contributed by atoms with van der Waals surface area (Å²) in [6.45, 7) is 0. The van der Waals surface area contributed by atoms with Crippen molar-refractivity contribution in [3.63, 3.8) is 0 Å². The van der Waals surface area contributed by atoms with Crippen LogP contribution in [0.1, 0.15) is 11.1 Å². The number of rotatable bonds is 2. The van der Waals surface area contributed by atoms with E-state index >= 15 is 0 Å². The van der Waals surface area contributed by atoms with E-state index in [0.717, 1.165) is 16.4 Å². The molecular weight excluding hydrogens is 269 g/mol. The lowest BCUT2D eigenvalue weighted by Gasteiger charge is -2.14. The van der Waals surface area contributed by atoms with Crippen molar-refractivity contribution in [2.75, 3.05) is 14.1 Å². The number of hydrogen-bond acceptors (Lipinski definition) is 3. The van der Waals surface area contributed by atoms with Gasteiger partial charge in [-0.2, -0.15) is 18.4 Å². The number of hydrogen-bond donors (Lipinski definition) is 0. The van der Waals surface area contributed by atoms with E-state index < -0.39 is 32.2 Å². The largest absolute Gasteiger partial charge is 0.417 e. The molecule has 0 atom stereocenters. The molecule has 98 valence electrons. The topological polar surface area (TPSA) is 61.2 Å². The normalized spacial score (nSPS) is 12.5. The molecule has 1 aromatic rings. The molecule has 1 rings (SSSR count).